The van der Waals surface area contributed by atoms with Crippen molar-refractivity contribution in [1.82, 2.24) is 25.4 Å². The molecule has 0 aromatic carbocycles. The Kier molecular flexibility index (Phi) is 8.94. The molecule has 2 fully saturated rings. The number of aliphatic imine (C=N–C) groups is 1. The summed E-state index contributed by atoms with van der Waals surface area (Å²) in [6.45, 7) is 6.83. The van der Waals surface area contributed by atoms with Crippen LogP contribution in [-0.2, 0) is 18.3 Å². The zero-order valence-corrected chi connectivity index (χ0v) is 19.6. The second-order valence-corrected chi connectivity index (χ2v) is 8.17. The Hall–Kier alpha value is -0.940. The van der Waals surface area contributed by atoms with Gasteiger partial charge in [-0.15, -0.1) is 34.2 Å². The minimum atomic E-state index is -0.264. The average Bonchev–Trinajstić information content (AvgIpc) is 3.28. The van der Waals surface area contributed by atoms with Gasteiger partial charge in [0.1, 0.15) is 12.4 Å². The van der Waals surface area contributed by atoms with E-state index in [2.05, 4.69) is 27.8 Å². The van der Waals surface area contributed by atoms with Crippen molar-refractivity contribution in [2.45, 2.75) is 71.1 Å². The maximum atomic E-state index is 10.4. The quantitative estimate of drug-likeness (QED) is 0.310. The fraction of sp³-hybridized carbons (Fsp3) is 0.842. The summed E-state index contributed by atoms with van der Waals surface area (Å²) in [7, 11) is 1.95. The normalized spacial score (nSPS) is 28.1. The molecule has 8 nitrogen and oxygen atoms in total. The zero-order valence-electron chi connectivity index (χ0n) is 17.3. The van der Waals surface area contributed by atoms with E-state index in [1.165, 1.54) is 6.42 Å². The third kappa shape index (κ3) is 6.03. The molecule has 0 spiro atoms. The van der Waals surface area contributed by atoms with Crippen LogP contribution in [0.3, 0.4) is 0 Å². The summed E-state index contributed by atoms with van der Waals surface area (Å²) in [4.78, 5) is 4.70. The summed E-state index contributed by atoms with van der Waals surface area (Å²) in [6, 6.07) is 0. The van der Waals surface area contributed by atoms with E-state index in [1.807, 2.05) is 18.5 Å². The Labute approximate surface area is 184 Å². The predicted octanol–water partition coefficient (Wildman–Crippen LogP) is 1.90. The fourth-order valence-electron chi connectivity index (χ4n) is 3.80. The van der Waals surface area contributed by atoms with Crippen LogP contribution in [0.15, 0.2) is 4.99 Å². The first-order valence-electron chi connectivity index (χ1n) is 10.1. The lowest BCUT2D eigenvalue weighted by atomic mass is 9.73. The second kappa shape index (κ2) is 10.7. The molecule has 28 heavy (non-hydrogen) atoms. The van der Waals surface area contributed by atoms with Gasteiger partial charge in [-0.1, -0.05) is 19.8 Å². The van der Waals surface area contributed by atoms with Gasteiger partial charge in [0.05, 0.1) is 12.2 Å². The molecular formula is C19H35IN6O2. The standard InChI is InChI=1S/C19H34N6O2.HI/c1-14-23-24-17(25(14)3)12-21-18(20-11-15-7-6-10-27-15)22-13-19(2)9-5-4-8-16(19)26;/h15-16,26H,4-13H2,1-3H3,(H2,20,21,22);1H. The molecule has 2 heterocycles. The number of hydrogen-bond acceptors (Lipinski definition) is 5. The molecule has 3 N–H and O–H groups in total. The number of aliphatic hydroxyl groups is 1. The van der Waals surface area contributed by atoms with E-state index in [1.54, 1.807) is 0 Å². The molecule has 1 aliphatic carbocycles. The monoisotopic (exact) mass is 506 g/mol. The predicted molar refractivity (Wildman–Crippen MR) is 120 cm³/mol. The first kappa shape index (κ1) is 23.3. The van der Waals surface area contributed by atoms with Gasteiger partial charge in [-0.2, -0.15) is 0 Å². The maximum absolute atomic E-state index is 10.4. The zero-order chi connectivity index (χ0) is 19.3. The van der Waals surface area contributed by atoms with Gasteiger partial charge in [0.2, 0.25) is 0 Å². The Morgan fingerprint density at radius 2 is 2.11 bits per heavy atom. The number of nitrogens with zero attached hydrogens (tertiary/aromatic N) is 4. The van der Waals surface area contributed by atoms with Gasteiger partial charge in [0.15, 0.2) is 11.8 Å². The topological polar surface area (TPSA) is 96.6 Å². The summed E-state index contributed by atoms with van der Waals surface area (Å²) >= 11 is 0. The van der Waals surface area contributed by atoms with Crippen LogP contribution in [-0.4, -0.2) is 57.7 Å². The molecular weight excluding hydrogens is 471 g/mol. The van der Waals surface area contributed by atoms with Gasteiger partial charge < -0.3 is 25.0 Å². The number of rotatable bonds is 6. The minimum absolute atomic E-state index is 0. The third-order valence-electron chi connectivity index (χ3n) is 6.02. The van der Waals surface area contributed by atoms with E-state index < -0.39 is 0 Å². The lowest BCUT2D eigenvalue weighted by molar-refractivity contribution is 0.00393. The maximum Gasteiger partial charge on any atom is 0.191 e. The molecule has 9 heteroatoms. The van der Waals surface area contributed by atoms with Gasteiger partial charge in [-0.25, -0.2) is 4.99 Å². The van der Waals surface area contributed by atoms with Crippen molar-refractivity contribution in [3.05, 3.63) is 11.6 Å². The largest absolute Gasteiger partial charge is 0.392 e. The summed E-state index contributed by atoms with van der Waals surface area (Å²) < 4.78 is 7.66. The molecule has 1 saturated carbocycles. The lowest BCUT2D eigenvalue weighted by Crippen LogP contribution is -2.49. The van der Waals surface area contributed by atoms with Gasteiger partial charge in [0.25, 0.3) is 0 Å². The number of halogens is 1. The van der Waals surface area contributed by atoms with Crippen molar-refractivity contribution >= 4 is 29.9 Å². The molecule has 1 aromatic heterocycles. The highest BCUT2D eigenvalue weighted by atomic mass is 127. The minimum Gasteiger partial charge on any atom is -0.392 e. The summed E-state index contributed by atoms with van der Waals surface area (Å²) in [5.74, 6) is 2.44. The molecule has 0 radical (unpaired) electrons. The van der Waals surface area contributed by atoms with Crippen LogP contribution >= 0.6 is 24.0 Å². The smallest absolute Gasteiger partial charge is 0.191 e. The van der Waals surface area contributed by atoms with Gasteiger partial charge in [-0.3, -0.25) is 0 Å². The van der Waals surface area contributed by atoms with Crippen molar-refractivity contribution in [3.8, 4) is 0 Å². The number of aryl methyl sites for hydroxylation is 1. The van der Waals surface area contributed by atoms with Crippen molar-refractivity contribution in [2.75, 3.05) is 19.7 Å². The van der Waals surface area contributed by atoms with Crippen LogP contribution in [0.4, 0.5) is 0 Å². The molecule has 3 rings (SSSR count). The second-order valence-electron chi connectivity index (χ2n) is 8.17. The number of ether oxygens (including phenoxy) is 1. The van der Waals surface area contributed by atoms with E-state index in [9.17, 15) is 5.11 Å². The van der Waals surface area contributed by atoms with E-state index in [-0.39, 0.29) is 41.6 Å². The van der Waals surface area contributed by atoms with Crippen molar-refractivity contribution in [3.63, 3.8) is 0 Å². The molecule has 3 atom stereocenters. The first-order chi connectivity index (χ1) is 13.0. The molecule has 1 saturated heterocycles. The van der Waals surface area contributed by atoms with Crippen molar-refractivity contribution in [2.24, 2.45) is 17.5 Å². The summed E-state index contributed by atoms with van der Waals surface area (Å²) in [5, 5.41) is 25.6. The van der Waals surface area contributed by atoms with Gasteiger partial charge in [0, 0.05) is 32.2 Å². The highest BCUT2D eigenvalue weighted by Gasteiger charge is 2.35. The molecule has 3 unspecified atom stereocenters. The van der Waals surface area contributed by atoms with E-state index >= 15 is 0 Å². The van der Waals surface area contributed by atoms with E-state index in [4.69, 9.17) is 9.73 Å². The molecule has 2 aliphatic rings. The number of hydrogen-bond donors (Lipinski definition) is 3. The van der Waals surface area contributed by atoms with Crippen LogP contribution in [0.1, 0.15) is 57.1 Å². The Bertz CT molecular complexity index is 646. The molecule has 160 valence electrons. The number of aromatic nitrogens is 3. The molecule has 0 bridgehead atoms. The van der Waals surface area contributed by atoms with Crippen LogP contribution in [0.25, 0.3) is 0 Å². The third-order valence-corrected chi connectivity index (χ3v) is 6.02. The van der Waals surface area contributed by atoms with Crippen LogP contribution < -0.4 is 10.6 Å². The lowest BCUT2D eigenvalue weighted by Gasteiger charge is -2.38. The van der Waals surface area contributed by atoms with Crippen LogP contribution in [0.5, 0.6) is 0 Å². The number of aliphatic hydroxyl groups excluding tert-OH is 1. The number of nitrogens with one attached hydrogen (secondary N) is 2. The Morgan fingerprint density at radius 3 is 2.75 bits per heavy atom. The Balaban J connectivity index is 0.00000280. The van der Waals surface area contributed by atoms with Crippen molar-refractivity contribution in [1.29, 1.82) is 0 Å². The SMILES string of the molecule is Cc1nnc(CN=C(NCC2CCCO2)NCC2(C)CCCCC2O)n1C.I. The molecule has 1 aliphatic heterocycles. The van der Waals surface area contributed by atoms with Gasteiger partial charge >= 0.3 is 0 Å². The summed E-state index contributed by atoms with van der Waals surface area (Å²) in [5.41, 5.74) is -0.119. The summed E-state index contributed by atoms with van der Waals surface area (Å²) in [6.07, 6.45) is 6.37. The molecule has 1 aromatic rings. The number of guanidine groups is 1. The fourth-order valence-corrected chi connectivity index (χ4v) is 3.80. The van der Waals surface area contributed by atoms with Gasteiger partial charge in [-0.05, 0) is 32.6 Å². The highest BCUT2D eigenvalue weighted by molar-refractivity contribution is 14.0. The van der Waals surface area contributed by atoms with Crippen molar-refractivity contribution < 1.29 is 9.84 Å². The first-order valence-corrected chi connectivity index (χ1v) is 10.1. The van der Waals surface area contributed by atoms with E-state index in [0.29, 0.717) is 13.1 Å². The van der Waals surface area contributed by atoms with E-state index in [0.717, 1.165) is 62.9 Å². The van der Waals surface area contributed by atoms with Crippen LogP contribution in [0.2, 0.25) is 0 Å². The highest BCUT2D eigenvalue weighted by Crippen LogP contribution is 2.35. The molecule has 0 amide bonds. The van der Waals surface area contributed by atoms with Crippen LogP contribution in [0, 0.1) is 12.3 Å². The average molecular weight is 506 g/mol. The Morgan fingerprint density at radius 1 is 1.29 bits per heavy atom.